The number of nitrogens with one attached hydrogen (secondary N) is 1. The summed E-state index contributed by atoms with van der Waals surface area (Å²) in [6.45, 7) is 7.87. The summed E-state index contributed by atoms with van der Waals surface area (Å²) in [6.07, 6.45) is 2.09. The van der Waals surface area contributed by atoms with Crippen molar-refractivity contribution in [1.82, 2.24) is 10.3 Å². The summed E-state index contributed by atoms with van der Waals surface area (Å²) in [5.74, 6) is -0.160. The molecule has 1 N–H and O–H groups in total. The van der Waals surface area contributed by atoms with Crippen molar-refractivity contribution in [1.29, 1.82) is 0 Å². The molecule has 0 aliphatic carbocycles. The third-order valence-corrected chi connectivity index (χ3v) is 4.35. The van der Waals surface area contributed by atoms with Gasteiger partial charge >= 0.3 is 0 Å². The molecule has 0 aliphatic heterocycles. The minimum Gasteiger partial charge on any atom is -0.312 e. The summed E-state index contributed by atoms with van der Waals surface area (Å²) in [5.41, 5.74) is 2.85. The largest absolute Gasteiger partial charge is 0.312 e. The van der Waals surface area contributed by atoms with Crippen LogP contribution in [0.1, 0.15) is 36.4 Å². The molecule has 1 heterocycles. The molecule has 0 radical (unpaired) electrons. The van der Waals surface area contributed by atoms with Gasteiger partial charge in [-0.25, -0.2) is 9.37 Å². The highest BCUT2D eigenvalue weighted by molar-refractivity contribution is 7.15. The molecule has 2 nitrogen and oxygen atoms in total. The zero-order chi connectivity index (χ0) is 14.5. The number of nitrogens with zero attached hydrogens (tertiary/aromatic N) is 1. The molecule has 20 heavy (non-hydrogen) atoms. The van der Waals surface area contributed by atoms with Gasteiger partial charge < -0.3 is 5.32 Å². The third-order valence-electron chi connectivity index (χ3n) is 3.21. The van der Waals surface area contributed by atoms with E-state index in [1.54, 1.807) is 18.3 Å². The minimum absolute atomic E-state index is 0.160. The van der Waals surface area contributed by atoms with E-state index in [1.165, 1.54) is 16.6 Å². The number of halogens is 1. The van der Waals surface area contributed by atoms with Crippen LogP contribution in [-0.2, 0) is 13.0 Å². The van der Waals surface area contributed by atoms with Crippen LogP contribution >= 0.6 is 11.3 Å². The summed E-state index contributed by atoms with van der Waals surface area (Å²) >= 11 is 1.71. The van der Waals surface area contributed by atoms with Crippen molar-refractivity contribution >= 4 is 11.3 Å². The van der Waals surface area contributed by atoms with Crippen molar-refractivity contribution in [2.24, 2.45) is 0 Å². The molecular weight excluding hydrogens is 271 g/mol. The van der Waals surface area contributed by atoms with E-state index in [0.717, 1.165) is 36.5 Å². The number of aromatic nitrogens is 1. The molecule has 1 aromatic carbocycles. The fourth-order valence-electron chi connectivity index (χ4n) is 2.09. The average molecular weight is 292 g/mol. The topological polar surface area (TPSA) is 24.9 Å². The Morgan fingerprint density at radius 1 is 1.30 bits per heavy atom. The Hall–Kier alpha value is -1.26. The third kappa shape index (κ3) is 3.44. The number of hydrogen-bond donors (Lipinski definition) is 1. The summed E-state index contributed by atoms with van der Waals surface area (Å²) in [5, 5.41) is 4.35. The van der Waals surface area contributed by atoms with E-state index in [2.05, 4.69) is 19.2 Å². The highest BCUT2D eigenvalue weighted by Crippen LogP contribution is 2.30. The van der Waals surface area contributed by atoms with Crippen LogP contribution in [0.3, 0.4) is 0 Å². The smallest absolute Gasteiger partial charge is 0.126 e. The van der Waals surface area contributed by atoms with E-state index in [0.29, 0.717) is 5.56 Å². The SMILES string of the molecule is CCCc1nc(-c2ccc(F)c(C)c2)sc1CNCC. The Morgan fingerprint density at radius 3 is 2.75 bits per heavy atom. The lowest BCUT2D eigenvalue weighted by molar-refractivity contribution is 0.619. The summed E-state index contributed by atoms with van der Waals surface area (Å²) < 4.78 is 13.4. The first kappa shape index (κ1) is 15.1. The molecular formula is C16H21FN2S. The van der Waals surface area contributed by atoms with Gasteiger partial charge in [0.25, 0.3) is 0 Å². The Bertz CT molecular complexity index is 578. The predicted octanol–water partition coefficient (Wildman–Crippen LogP) is 4.32. The van der Waals surface area contributed by atoms with Gasteiger partial charge in [0.05, 0.1) is 5.69 Å². The van der Waals surface area contributed by atoms with E-state index in [-0.39, 0.29) is 5.82 Å². The molecule has 0 saturated heterocycles. The first-order chi connectivity index (χ1) is 9.65. The molecule has 0 aliphatic rings. The second-order valence-corrected chi connectivity index (χ2v) is 5.97. The summed E-state index contributed by atoms with van der Waals surface area (Å²) in [6, 6.07) is 5.21. The molecule has 0 amide bonds. The van der Waals surface area contributed by atoms with Crippen LogP contribution in [0.4, 0.5) is 4.39 Å². The molecule has 0 saturated carbocycles. The standard InChI is InChI=1S/C16H21FN2S/c1-4-6-14-15(10-18-5-2)20-16(19-14)12-7-8-13(17)11(3)9-12/h7-9,18H,4-6,10H2,1-3H3. The van der Waals surface area contributed by atoms with Crippen LogP contribution in [0.25, 0.3) is 10.6 Å². The van der Waals surface area contributed by atoms with Crippen LogP contribution in [-0.4, -0.2) is 11.5 Å². The van der Waals surface area contributed by atoms with Crippen LogP contribution < -0.4 is 5.32 Å². The average Bonchev–Trinajstić information content (AvgIpc) is 2.83. The van der Waals surface area contributed by atoms with Gasteiger partial charge in [0.15, 0.2) is 0 Å². The van der Waals surface area contributed by atoms with Gasteiger partial charge in [-0.15, -0.1) is 11.3 Å². The molecule has 0 bridgehead atoms. The molecule has 0 spiro atoms. The number of thiazole rings is 1. The quantitative estimate of drug-likeness (QED) is 0.857. The zero-order valence-corrected chi connectivity index (χ0v) is 13.1. The molecule has 1 aromatic heterocycles. The fourth-order valence-corrected chi connectivity index (χ4v) is 3.17. The molecule has 0 fully saturated rings. The van der Waals surface area contributed by atoms with Gasteiger partial charge in [-0.05, 0) is 43.7 Å². The van der Waals surface area contributed by atoms with Crippen LogP contribution in [0.2, 0.25) is 0 Å². The lowest BCUT2D eigenvalue weighted by atomic mass is 10.1. The van der Waals surface area contributed by atoms with Crippen molar-refractivity contribution in [3.8, 4) is 10.6 Å². The van der Waals surface area contributed by atoms with Crippen LogP contribution in [0.15, 0.2) is 18.2 Å². The predicted molar refractivity (Wildman–Crippen MR) is 83.6 cm³/mol. The monoisotopic (exact) mass is 292 g/mol. The maximum atomic E-state index is 13.4. The van der Waals surface area contributed by atoms with Crippen LogP contribution in [0, 0.1) is 12.7 Å². The van der Waals surface area contributed by atoms with Gasteiger partial charge in [-0.3, -0.25) is 0 Å². The molecule has 0 atom stereocenters. The van der Waals surface area contributed by atoms with Crippen LogP contribution in [0.5, 0.6) is 0 Å². The number of aryl methyl sites for hydroxylation is 2. The lowest BCUT2D eigenvalue weighted by Gasteiger charge is -2.00. The van der Waals surface area contributed by atoms with Crippen molar-refractivity contribution in [3.05, 3.63) is 40.2 Å². The molecule has 108 valence electrons. The van der Waals surface area contributed by atoms with Crippen molar-refractivity contribution in [2.45, 2.75) is 40.2 Å². The Labute approximate surface area is 124 Å². The number of hydrogen-bond acceptors (Lipinski definition) is 3. The highest BCUT2D eigenvalue weighted by Gasteiger charge is 2.12. The maximum absolute atomic E-state index is 13.4. The van der Waals surface area contributed by atoms with E-state index in [9.17, 15) is 4.39 Å². The Kier molecular flexibility index (Phi) is 5.26. The van der Waals surface area contributed by atoms with Gasteiger partial charge in [0.1, 0.15) is 10.8 Å². The molecule has 0 unspecified atom stereocenters. The van der Waals surface area contributed by atoms with E-state index in [4.69, 9.17) is 4.98 Å². The molecule has 2 rings (SSSR count). The summed E-state index contributed by atoms with van der Waals surface area (Å²) in [4.78, 5) is 6.05. The first-order valence-corrected chi connectivity index (χ1v) is 7.93. The maximum Gasteiger partial charge on any atom is 0.126 e. The zero-order valence-electron chi connectivity index (χ0n) is 12.3. The normalized spacial score (nSPS) is 11.0. The van der Waals surface area contributed by atoms with Crippen molar-refractivity contribution in [2.75, 3.05) is 6.54 Å². The summed E-state index contributed by atoms with van der Waals surface area (Å²) in [7, 11) is 0. The van der Waals surface area contributed by atoms with E-state index in [1.807, 2.05) is 12.1 Å². The van der Waals surface area contributed by atoms with Crippen molar-refractivity contribution < 1.29 is 4.39 Å². The highest BCUT2D eigenvalue weighted by atomic mass is 32.1. The van der Waals surface area contributed by atoms with Gasteiger partial charge in [-0.2, -0.15) is 0 Å². The fraction of sp³-hybridized carbons (Fsp3) is 0.438. The number of benzene rings is 1. The second-order valence-electron chi connectivity index (χ2n) is 4.88. The Morgan fingerprint density at radius 2 is 2.10 bits per heavy atom. The van der Waals surface area contributed by atoms with Gasteiger partial charge in [0, 0.05) is 17.0 Å². The Balaban J connectivity index is 2.33. The molecule has 4 heteroatoms. The van der Waals surface area contributed by atoms with Crippen molar-refractivity contribution in [3.63, 3.8) is 0 Å². The number of rotatable bonds is 6. The second kappa shape index (κ2) is 6.95. The lowest BCUT2D eigenvalue weighted by Crippen LogP contribution is -2.11. The van der Waals surface area contributed by atoms with Gasteiger partial charge in [0.2, 0.25) is 0 Å². The molecule has 2 aromatic rings. The first-order valence-electron chi connectivity index (χ1n) is 7.11. The van der Waals surface area contributed by atoms with Gasteiger partial charge in [-0.1, -0.05) is 20.3 Å². The van der Waals surface area contributed by atoms with E-state index < -0.39 is 0 Å². The van der Waals surface area contributed by atoms with E-state index >= 15 is 0 Å². The minimum atomic E-state index is -0.160.